The van der Waals surface area contributed by atoms with Gasteiger partial charge in [0.05, 0.1) is 5.39 Å². The van der Waals surface area contributed by atoms with Crippen LogP contribution in [-0.2, 0) is 0 Å². The third kappa shape index (κ3) is 2.44. The number of fused-ring (bicyclic) bond motifs is 1. The average Bonchev–Trinajstić information content (AvgIpc) is 2.96. The molecule has 24 heavy (non-hydrogen) atoms. The number of thiophene rings is 1. The van der Waals surface area contributed by atoms with Crippen LogP contribution in [0, 0.1) is 6.92 Å². The summed E-state index contributed by atoms with van der Waals surface area (Å²) >= 11 is 1.60. The van der Waals surface area contributed by atoms with Gasteiger partial charge in [-0.25, -0.2) is 9.66 Å². The molecule has 1 aliphatic carbocycles. The molecule has 0 saturated heterocycles. The summed E-state index contributed by atoms with van der Waals surface area (Å²) < 4.78 is 1.30. The quantitative estimate of drug-likeness (QED) is 0.712. The molecule has 1 aliphatic rings. The number of benzene rings is 1. The number of nitrogens with two attached hydrogens (primary N) is 1. The molecule has 124 valence electrons. The highest BCUT2D eigenvalue weighted by Gasteiger charge is 2.24. The van der Waals surface area contributed by atoms with E-state index in [2.05, 4.69) is 12.1 Å². The van der Waals surface area contributed by atoms with Crippen LogP contribution in [0.2, 0.25) is 0 Å². The molecule has 1 saturated carbocycles. The van der Waals surface area contributed by atoms with Crippen molar-refractivity contribution in [2.24, 2.45) is 0 Å². The Balaban J connectivity index is 1.91. The molecule has 5 heteroatoms. The maximum absolute atomic E-state index is 12.9. The minimum Gasteiger partial charge on any atom is -0.335 e. The standard InChI is InChI=1S/C19H21N3OS/c1-12-15-18(24-16(12)13-8-4-2-5-9-13)21-17(22(20)19(15)23)14-10-6-3-7-11-14/h2,4-5,8-9,14H,3,6-7,10-11,20H2,1H3. The molecule has 0 spiro atoms. The van der Waals surface area contributed by atoms with E-state index >= 15 is 0 Å². The van der Waals surface area contributed by atoms with E-state index in [4.69, 9.17) is 10.8 Å². The zero-order chi connectivity index (χ0) is 16.7. The van der Waals surface area contributed by atoms with Crippen molar-refractivity contribution < 1.29 is 0 Å². The Morgan fingerprint density at radius 2 is 1.88 bits per heavy atom. The van der Waals surface area contributed by atoms with Gasteiger partial charge in [0.1, 0.15) is 10.7 Å². The van der Waals surface area contributed by atoms with Gasteiger partial charge in [0.2, 0.25) is 0 Å². The van der Waals surface area contributed by atoms with Crippen molar-refractivity contribution >= 4 is 21.6 Å². The van der Waals surface area contributed by atoms with Crippen LogP contribution in [0.15, 0.2) is 35.1 Å². The first-order valence-electron chi connectivity index (χ1n) is 8.53. The Morgan fingerprint density at radius 1 is 1.17 bits per heavy atom. The van der Waals surface area contributed by atoms with Crippen molar-refractivity contribution in [1.29, 1.82) is 0 Å². The van der Waals surface area contributed by atoms with Gasteiger partial charge in [0.15, 0.2) is 0 Å². The van der Waals surface area contributed by atoms with Crippen molar-refractivity contribution in [3.63, 3.8) is 0 Å². The molecule has 4 nitrogen and oxygen atoms in total. The van der Waals surface area contributed by atoms with E-state index in [1.54, 1.807) is 11.3 Å². The van der Waals surface area contributed by atoms with Gasteiger partial charge >= 0.3 is 0 Å². The van der Waals surface area contributed by atoms with E-state index in [9.17, 15) is 4.79 Å². The second-order valence-electron chi connectivity index (χ2n) is 6.58. The highest BCUT2D eigenvalue weighted by molar-refractivity contribution is 7.22. The van der Waals surface area contributed by atoms with Crippen LogP contribution in [0.25, 0.3) is 20.7 Å². The smallest absolute Gasteiger partial charge is 0.280 e. The summed E-state index contributed by atoms with van der Waals surface area (Å²) in [5.74, 6) is 7.21. The van der Waals surface area contributed by atoms with E-state index in [0.717, 1.165) is 39.5 Å². The molecule has 2 aromatic heterocycles. The lowest BCUT2D eigenvalue weighted by molar-refractivity contribution is 0.420. The Kier molecular flexibility index (Phi) is 3.88. The highest BCUT2D eigenvalue weighted by Crippen LogP contribution is 2.37. The summed E-state index contributed by atoms with van der Waals surface area (Å²) in [4.78, 5) is 19.6. The number of hydrogen-bond acceptors (Lipinski definition) is 4. The molecular formula is C19H21N3OS. The minimum absolute atomic E-state index is 0.114. The molecule has 2 heterocycles. The monoisotopic (exact) mass is 339 g/mol. The second-order valence-corrected chi connectivity index (χ2v) is 7.58. The van der Waals surface area contributed by atoms with Gasteiger partial charge in [-0.15, -0.1) is 11.3 Å². The first kappa shape index (κ1) is 15.4. The summed E-state index contributed by atoms with van der Waals surface area (Å²) in [6, 6.07) is 10.2. The van der Waals surface area contributed by atoms with Crippen molar-refractivity contribution in [3.8, 4) is 10.4 Å². The van der Waals surface area contributed by atoms with E-state index in [1.165, 1.54) is 23.9 Å². The molecule has 0 bridgehead atoms. The number of nitrogen functional groups attached to an aromatic ring is 1. The predicted octanol–water partition coefficient (Wildman–Crippen LogP) is 4.19. The molecule has 0 unspecified atom stereocenters. The Bertz CT molecular complexity index is 937. The van der Waals surface area contributed by atoms with E-state index < -0.39 is 0 Å². The zero-order valence-electron chi connectivity index (χ0n) is 13.8. The van der Waals surface area contributed by atoms with E-state index in [1.807, 2.05) is 25.1 Å². The number of aryl methyl sites for hydroxylation is 1. The van der Waals surface area contributed by atoms with Crippen molar-refractivity contribution in [2.45, 2.75) is 44.9 Å². The van der Waals surface area contributed by atoms with Crippen molar-refractivity contribution in [3.05, 3.63) is 52.1 Å². The van der Waals surface area contributed by atoms with Crippen LogP contribution < -0.4 is 11.4 Å². The summed E-state index contributed by atoms with van der Waals surface area (Å²) in [5, 5.41) is 0.668. The largest absolute Gasteiger partial charge is 0.335 e. The van der Waals surface area contributed by atoms with Crippen molar-refractivity contribution in [1.82, 2.24) is 9.66 Å². The molecule has 0 aliphatic heterocycles. The fourth-order valence-corrected chi connectivity index (χ4v) is 4.91. The van der Waals surface area contributed by atoms with Crippen LogP contribution >= 0.6 is 11.3 Å². The summed E-state index contributed by atoms with van der Waals surface area (Å²) in [7, 11) is 0. The third-order valence-corrected chi connectivity index (χ3v) is 6.26. The van der Waals surface area contributed by atoms with Gasteiger partial charge in [-0.3, -0.25) is 4.79 Å². The highest BCUT2D eigenvalue weighted by atomic mass is 32.1. The Labute approximate surface area is 144 Å². The van der Waals surface area contributed by atoms with Gasteiger partial charge in [0.25, 0.3) is 5.56 Å². The van der Waals surface area contributed by atoms with Gasteiger partial charge in [0, 0.05) is 10.8 Å². The van der Waals surface area contributed by atoms with Crippen LogP contribution in [-0.4, -0.2) is 9.66 Å². The van der Waals surface area contributed by atoms with Gasteiger partial charge in [-0.05, 0) is 30.9 Å². The number of nitrogens with zero attached hydrogens (tertiary/aromatic N) is 2. The normalized spacial score (nSPS) is 15.9. The van der Waals surface area contributed by atoms with Crippen LogP contribution in [0.5, 0.6) is 0 Å². The number of rotatable bonds is 2. The van der Waals surface area contributed by atoms with Gasteiger partial charge in [-0.2, -0.15) is 0 Å². The van der Waals surface area contributed by atoms with E-state index in [-0.39, 0.29) is 5.56 Å². The molecule has 1 fully saturated rings. The summed E-state index contributed by atoms with van der Waals surface area (Å²) in [5.41, 5.74) is 1.99. The molecule has 0 amide bonds. The number of aromatic nitrogens is 2. The van der Waals surface area contributed by atoms with Crippen LogP contribution in [0.4, 0.5) is 0 Å². The fraction of sp³-hybridized carbons (Fsp3) is 0.368. The molecule has 2 N–H and O–H groups in total. The zero-order valence-corrected chi connectivity index (χ0v) is 14.6. The summed E-state index contributed by atoms with van der Waals surface area (Å²) in [6.07, 6.45) is 5.80. The maximum atomic E-state index is 12.9. The molecule has 0 atom stereocenters. The Hall–Kier alpha value is -2.14. The SMILES string of the molecule is Cc1c(-c2ccccc2)sc2nc(C3CCCCC3)n(N)c(=O)c12. The lowest BCUT2D eigenvalue weighted by Gasteiger charge is -2.22. The van der Waals surface area contributed by atoms with E-state index in [0.29, 0.717) is 11.3 Å². The molecule has 0 radical (unpaired) electrons. The van der Waals surface area contributed by atoms with Gasteiger partial charge in [-0.1, -0.05) is 49.6 Å². The topological polar surface area (TPSA) is 60.9 Å². The summed E-state index contributed by atoms with van der Waals surface area (Å²) in [6.45, 7) is 1.99. The molecule has 1 aromatic carbocycles. The number of hydrogen-bond donors (Lipinski definition) is 1. The lowest BCUT2D eigenvalue weighted by Crippen LogP contribution is -2.33. The van der Waals surface area contributed by atoms with Gasteiger partial charge < -0.3 is 5.84 Å². The molecular weight excluding hydrogens is 318 g/mol. The Morgan fingerprint density at radius 3 is 2.58 bits per heavy atom. The van der Waals surface area contributed by atoms with Crippen LogP contribution in [0.1, 0.15) is 49.4 Å². The van der Waals surface area contributed by atoms with Crippen LogP contribution in [0.3, 0.4) is 0 Å². The average molecular weight is 339 g/mol. The fourth-order valence-electron chi connectivity index (χ4n) is 3.72. The molecule has 4 rings (SSSR count). The van der Waals surface area contributed by atoms with Crippen molar-refractivity contribution in [2.75, 3.05) is 5.84 Å². The first-order chi connectivity index (χ1) is 11.7. The third-order valence-electron chi connectivity index (χ3n) is 5.03. The second kappa shape index (κ2) is 6.06. The first-order valence-corrected chi connectivity index (χ1v) is 9.35. The molecule has 3 aromatic rings. The predicted molar refractivity (Wildman–Crippen MR) is 100 cm³/mol. The lowest BCUT2D eigenvalue weighted by atomic mass is 9.88. The maximum Gasteiger partial charge on any atom is 0.280 e. The minimum atomic E-state index is -0.114.